The summed E-state index contributed by atoms with van der Waals surface area (Å²) in [6.45, 7) is 0.277. The standard InChI is InChI=1S/C7H6Br4O3/c8-1-5(10)3-13-7(12)14-4-6(11)2-9/h1-2H,3-4H2. The first-order valence-corrected chi connectivity index (χ1v) is 6.71. The summed E-state index contributed by atoms with van der Waals surface area (Å²) in [5, 5.41) is 0. The second kappa shape index (κ2) is 8.94. The topological polar surface area (TPSA) is 35.5 Å². The first-order chi connectivity index (χ1) is 6.60. The summed E-state index contributed by atoms with van der Waals surface area (Å²) >= 11 is 12.5. The molecule has 0 radical (unpaired) electrons. The van der Waals surface area contributed by atoms with E-state index in [1.165, 1.54) is 0 Å². The van der Waals surface area contributed by atoms with Crippen molar-refractivity contribution in [2.45, 2.75) is 0 Å². The molecule has 0 saturated heterocycles. The molecular weight excluding hydrogens is 452 g/mol. The molecule has 3 nitrogen and oxygen atoms in total. The Hall–Kier alpha value is 0.670. The molecule has 0 saturated carbocycles. The molecule has 0 unspecified atom stereocenters. The van der Waals surface area contributed by atoms with Crippen LogP contribution in [0.15, 0.2) is 18.9 Å². The fraction of sp³-hybridized carbons (Fsp3) is 0.286. The van der Waals surface area contributed by atoms with Crippen molar-refractivity contribution in [1.82, 2.24) is 0 Å². The van der Waals surface area contributed by atoms with Crippen LogP contribution in [0.25, 0.3) is 0 Å². The Bertz CT molecular complexity index is 225. The van der Waals surface area contributed by atoms with E-state index in [0.717, 1.165) is 0 Å². The number of halogens is 4. The molecule has 0 aliphatic heterocycles. The third-order valence-electron chi connectivity index (χ3n) is 0.893. The van der Waals surface area contributed by atoms with Crippen molar-refractivity contribution >= 4 is 69.9 Å². The van der Waals surface area contributed by atoms with E-state index in [2.05, 4.69) is 63.7 Å². The largest absolute Gasteiger partial charge is 0.508 e. The van der Waals surface area contributed by atoms with Crippen molar-refractivity contribution in [2.75, 3.05) is 13.2 Å². The van der Waals surface area contributed by atoms with Crippen LogP contribution in [0, 0.1) is 0 Å². The highest BCUT2D eigenvalue weighted by molar-refractivity contribution is 9.14. The molecule has 0 atom stereocenters. The summed E-state index contributed by atoms with van der Waals surface area (Å²) in [5.74, 6) is 0. The minimum absolute atomic E-state index is 0.139. The molecule has 0 aromatic heterocycles. The van der Waals surface area contributed by atoms with Crippen LogP contribution in [-0.4, -0.2) is 19.4 Å². The van der Waals surface area contributed by atoms with Gasteiger partial charge in [-0.05, 0) is 9.97 Å². The molecule has 80 valence electrons. The van der Waals surface area contributed by atoms with Crippen molar-refractivity contribution in [3.63, 3.8) is 0 Å². The van der Waals surface area contributed by atoms with Crippen LogP contribution in [0.1, 0.15) is 0 Å². The molecule has 0 aromatic carbocycles. The zero-order valence-corrected chi connectivity index (χ0v) is 13.1. The Labute approximate surface area is 115 Å². The summed E-state index contributed by atoms with van der Waals surface area (Å²) in [6, 6.07) is 0. The Balaban J connectivity index is 3.67. The number of hydrogen-bond donors (Lipinski definition) is 0. The fourth-order valence-corrected chi connectivity index (χ4v) is 0.854. The summed E-state index contributed by atoms with van der Waals surface area (Å²) in [6.07, 6.45) is -0.720. The highest BCUT2D eigenvalue weighted by Gasteiger charge is 2.04. The monoisotopic (exact) mass is 454 g/mol. The van der Waals surface area contributed by atoms with Crippen molar-refractivity contribution in [3.05, 3.63) is 18.9 Å². The number of ether oxygens (including phenoxy) is 2. The van der Waals surface area contributed by atoms with Gasteiger partial charge in [-0.15, -0.1) is 0 Å². The highest BCUT2D eigenvalue weighted by atomic mass is 79.9. The summed E-state index contributed by atoms with van der Waals surface area (Å²) < 4.78 is 10.9. The quantitative estimate of drug-likeness (QED) is 0.587. The van der Waals surface area contributed by atoms with E-state index in [1.807, 2.05) is 0 Å². The molecule has 0 aromatic rings. The van der Waals surface area contributed by atoms with Gasteiger partial charge in [-0.2, -0.15) is 0 Å². The third-order valence-corrected chi connectivity index (χ3v) is 4.14. The molecule has 0 amide bonds. The van der Waals surface area contributed by atoms with Crippen molar-refractivity contribution in [1.29, 1.82) is 0 Å². The molecule has 0 N–H and O–H groups in total. The molecule has 0 heterocycles. The predicted octanol–water partition coefficient (Wildman–Crippen LogP) is 4.40. The van der Waals surface area contributed by atoms with Gasteiger partial charge in [-0.3, -0.25) is 0 Å². The van der Waals surface area contributed by atoms with Crippen LogP contribution < -0.4 is 0 Å². The number of hydrogen-bond acceptors (Lipinski definition) is 3. The van der Waals surface area contributed by atoms with Crippen molar-refractivity contribution in [3.8, 4) is 0 Å². The van der Waals surface area contributed by atoms with E-state index in [0.29, 0.717) is 8.96 Å². The molecule has 0 rings (SSSR count). The molecule has 0 aliphatic carbocycles. The van der Waals surface area contributed by atoms with E-state index in [1.54, 1.807) is 9.97 Å². The minimum atomic E-state index is -0.720. The Morgan fingerprint density at radius 2 is 1.36 bits per heavy atom. The molecular formula is C7H6Br4O3. The lowest BCUT2D eigenvalue weighted by Gasteiger charge is -2.04. The molecule has 0 spiro atoms. The minimum Gasteiger partial charge on any atom is -0.429 e. The zero-order valence-electron chi connectivity index (χ0n) is 6.81. The summed E-state index contributed by atoms with van der Waals surface area (Å²) in [5.41, 5.74) is 0. The van der Waals surface area contributed by atoms with Gasteiger partial charge >= 0.3 is 6.16 Å². The predicted molar refractivity (Wildman–Crippen MR) is 69.2 cm³/mol. The number of rotatable bonds is 4. The van der Waals surface area contributed by atoms with Gasteiger partial charge in [0.05, 0.1) is 0 Å². The maximum Gasteiger partial charge on any atom is 0.508 e. The van der Waals surface area contributed by atoms with E-state index in [9.17, 15) is 4.79 Å². The highest BCUT2D eigenvalue weighted by Crippen LogP contribution is 2.10. The van der Waals surface area contributed by atoms with E-state index in [-0.39, 0.29) is 13.2 Å². The third kappa shape index (κ3) is 8.02. The molecule has 7 heteroatoms. The van der Waals surface area contributed by atoms with Gasteiger partial charge in [0.1, 0.15) is 13.2 Å². The lowest BCUT2D eigenvalue weighted by molar-refractivity contribution is 0.0709. The normalized spacial score (nSPS) is 12.6. The first-order valence-electron chi connectivity index (χ1n) is 3.29. The lowest BCUT2D eigenvalue weighted by atomic mass is 10.7. The van der Waals surface area contributed by atoms with Gasteiger partial charge in [0, 0.05) is 8.96 Å². The van der Waals surface area contributed by atoms with Crippen molar-refractivity contribution in [2.24, 2.45) is 0 Å². The van der Waals surface area contributed by atoms with E-state index in [4.69, 9.17) is 9.47 Å². The average Bonchev–Trinajstić information content (AvgIpc) is 2.22. The molecule has 0 fully saturated rings. The van der Waals surface area contributed by atoms with Crippen LogP contribution in [-0.2, 0) is 9.47 Å². The summed E-state index contributed by atoms with van der Waals surface area (Å²) in [7, 11) is 0. The van der Waals surface area contributed by atoms with E-state index >= 15 is 0 Å². The smallest absolute Gasteiger partial charge is 0.429 e. The number of carbonyl (C=O) groups is 1. The van der Waals surface area contributed by atoms with E-state index < -0.39 is 6.16 Å². The van der Waals surface area contributed by atoms with Gasteiger partial charge < -0.3 is 9.47 Å². The first kappa shape index (κ1) is 14.7. The Morgan fingerprint density at radius 3 is 1.64 bits per heavy atom. The average molecular weight is 458 g/mol. The maximum atomic E-state index is 10.9. The van der Waals surface area contributed by atoms with Crippen LogP contribution in [0.4, 0.5) is 4.79 Å². The Kier molecular flexibility index (Phi) is 9.36. The van der Waals surface area contributed by atoms with Gasteiger partial charge in [-0.1, -0.05) is 63.7 Å². The van der Waals surface area contributed by atoms with Gasteiger partial charge in [0.2, 0.25) is 0 Å². The lowest BCUT2D eigenvalue weighted by Crippen LogP contribution is -2.09. The van der Waals surface area contributed by atoms with Crippen molar-refractivity contribution < 1.29 is 14.3 Å². The maximum absolute atomic E-state index is 10.9. The Morgan fingerprint density at radius 1 is 1.00 bits per heavy atom. The zero-order chi connectivity index (χ0) is 11.0. The number of carbonyl (C=O) groups excluding carboxylic acids is 1. The fourth-order valence-electron chi connectivity index (χ4n) is 0.360. The van der Waals surface area contributed by atoms with Crippen LogP contribution in [0.3, 0.4) is 0 Å². The molecule has 0 bridgehead atoms. The molecule has 14 heavy (non-hydrogen) atoms. The molecule has 0 aliphatic rings. The van der Waals surface area contributed by atoms with Gasteiger partial charge in [0.25, 0.3) is 0 Å². The van der Waals surface area contributed by atoms with Gasteiger partial charge in [-0.25, -0.2) is 4.79 Å². The summed E-state index contributed by atoms with van der Waals surface area (Å²) in [4.78, 5) is 14.1. The van der Waals surface area contributed by atoms with Crippen LogP contribution in [0.5, 0.6) is 0 Å². The van der Waals surface area contributed by atoms with Crippen LogP contribution in [0.2, 0.25) is 0 Å². The second-order valence-electron chi connectivity index (χ2n) is 1.94. The second-order valence-corrected chi connectivity index (χ2v) is 4.89. The van der Waals surface area contributed by atoms with Gasteiger partial charge in [0.15, 0.2) is 0 Å². The van der Waals surface area contributed by atoms with Crippen LogP contribution >= 0.6 is 63.7 Å². The SMILES string of the molecule is O=C(OCC(Br)=CBr)OCC(Br)=CBr.